The zero-order valence-electron chi connectivity index (χ0n) is 18.6. The molecule has 0 radical (unpaired) electrons. The van der Waals surface area contributed by atoms with Gasteiger partial charge in [-0.3, -0.25) is 0 Å². The third kappa shape index (κ3) is 3.75. The van der Waals surface area contributed by atoms with E-state index in [1.807, 2.05) is 42.5 Å². The molecule has 0 unspecified atom stereocenters. The Labute approximate surface area is 203 Å². The molecule has 3 aromatic carbocycles. The van der Waals surface area contributed by atoms with E-state index in [4.69, 9.17) is 0 Å². The Morgan fingerprint density at radius 3 is 2.12 bits per heavy atom. The molecule has 1 aromatic heterocycles. The number of benzene rings is 3. The van der Waals surface area contributed by atoms with Crippen molar-refractivity contribution in [3.8, 4) is 0 Å². The van der Waals surface area contributed by atoms with Crippen molar-refractivity contribution in [1.82, 2.24) is 9.80 Å². The quantitative estimate of drug-likeness (QED) is 0.223. The molecule has 6 nitrogen and oxygen atoms in total. The number of barbiturate groups is 1. The van der Waals surface area contributed by atoms with E-state index in [0.29, 0.717) is 0 Å². The number of carbonyl (C=O) groups excluding carboxylic acids is 3. The second kappa shape index (κ2) is 8.78. The van der Waals surface area contributed by atoms with Crippen LogP contribution in [-0.4, -0.2) is 56.2 Å². The van der Waals surface area contributed by atoms with Crippen LogP contribution in [0, 0.1) is 0 Å². The first kappa shape index (κ1) is 21.9. The van der Waals surface area contributed by atoms with Gasteiger partial charge in [-0.15, -0.1) is 0 Å². The number of hydrogen-bond acceptors (Lipinski definition) is 4. The van der Waals surface area contributed by atoms with E-state index in [0.717, 1.165) is 40.9 Å². The molecule has 1 saturated heterocycles. The first-order valence-corrected chi connectivity index (χ1v) is 12.4. The number of imide groups is 2. The first-order valence-electron chi connectivity index (χ1n) is 10.7. The van der Waals surface area contributed by atoms with Crippen molar-refractivity contribution in [3.63, 3.8) is 0 Å². The van der Waals surface area contributed by atoms with Crippen molar-refractivity contribution < 1.29 is 14.4 Å². The Bertz CT molecular complexity index is 1430. The van der Waals surface area contributed by atoms with Gasteiger partial charge >= 0.3 is 203 Å². The molecule has 0 N–H and O–H groups in total. The number of para-hydroxylation sites is 1. The second-order valence-corrected chi connectivity index (χ2v) is 10.2. The summed E-state index contributed by atoms with van der Waals surface area (Å²) in [6.45, 7) is 0. The normalized spacial score (nSPS) is 14.2. The third-order valence-electron chi connectivity index (χ3n) is 5.79. The van der Waals surface area contributed by atoms with Gasteiger partial charge in [0.1, 0.15) is 0 Å². The molecule has 2 heterocycles. The van der Waals surface area contributed by atoms with Gasteiger partial charge in [0.15, 0.2) is 0 Å². The standard InChI is InChI=1S/C27H21N3O3Se/c1-28-25(31)22(26(32)29(2)27(28)33)17-20-15-16-24(34-20)30(19-11-4-3-5-12-19)23-14-8-10-18-9-6-7-13-21(18)23/h3-17H,1-2H3. The monoisotopic (exact) mass is 515 g/mol. The van der Waals surface area contributed by atoms with Crippen molar-refractivity contribution >= 4 is 65.1 Å². The van der Waals surface area contributed by atoms with Gasteiger partial charge in [0.2, 0.25) is 0 Å². The maximum absolute atomic E-state index is 12.6. The van der Waals surface area contributed by atoms with Crippen molar-refractivity contribution in [2.45, 2.75) is 0 Å². The van der Waals surface area contributed by atoms with Crippen LogP contribution < -0.4 is 4.90 Å². The minimum absolute atomic E-state index is 0.00352. The van der Waals surface area contributed by atoms with E-state index in [1.165, 1.54) is 14.1 Å². The minimum atomic E-state index is -0.622. The van der Waals surface area contributed by atoms with Gasteiger partial charge in [-0.1, -0.05) is 0 Å². The Hall–Kier alpha value is -3.93. The van der Waals surface area contributed by atoms with Gasteiger partial charge in [-0.25, -0.2) is 0 Å². The second-order valence-electron chi connectivity index (χ2n) is 7.91. The number of fused-ring (bicyclic) bond motifs is 1. The van der Waals surface area contributed by atoms with E-state index in [1.54, 1.807) is 6.08 Å². The van der Waals surface area contributed by atoms with Crippen molar-refractivity contribution in [2.24, 2.45) is 0 Å². The summed E-state index contributed by atoms with van der Waals surface area (Å²) in [6, 6.07) is 28.0. The Morgan fingerprint density at radius 2 is 1.38 bits per heavy atom. The fraction of sp³-hybridized carbons (Fsp3) is 0.0741. The summed E-state index contributed by atoms with van der Waals surface area (Å²) in [4.78, 5) is 41.5. The van der Waals surface area contributed by atoms with Crippen molar-refractivity contribution in [1.29, 1.82) is 0 Å². The van der Waals surface area contributed by atoms with Crippen LogP contribution in [0.2, 0.25) is 0 Å². The number of amides is 4. The summed E-state index contributed by atoms with van der Waals surface area (Å²) in [5, 5.41) is 2.29. The van der Waals surface area contributed by atoms with Crippen LogP contribution >= 0.6 is 0 Å². The molecule has 168 valence electrons. The van der Waals surface area contributed by atoms with E-state index in [9.17, 15) is 14.4 Å². The molecule has 0 saturated carbocycles. The molecule has 7 heteroatoms. The molecule has 0 bridgehead atoms. The zero-order chi connectivity index (χ0) is 23.8. The van der Waals surface area contributed by atoms with Gasteiger partial charge < -0.3 is 0 Å². The number of rotatable bonds is 4. The summed E-state index contributed by atoms with van der Waals surface area (Å²) in [7, 11) is 2.77. The van der Waals surface area contributed by atoms with E-state index in [-0.39, 0.29) is 20.1 Å². The van der Waals surface area contributed by atoms with Crippen LogP contribution in [0.3, 0.4) is 0 Å². The predicted octanol–water partition coefficient (Wildman–Crippen LogP) is 4.80. The van der Waals surface area contributed by atoms with Gasteiger partial charge in [0.05, 0.1) is 0 Å². The fourth-order valence-electron chi connectivity index (χ4n) is 4.02. The SMILES string of the molecule is CN1C(=O)C(=Cc2ccc(N(c3ccccc3)c3cccc4ccccc34)[se]2)C(=O)N(C)C1=O. The van der Waals surface area contributed by atoms with Crippen LogP contribution in [0.15, 0.2) is 90.5 Å². The molecule has 0 atom stereocenters. The average Bonchev–Trinajstić information content (AvgIpc) is 3.33. The molecule has 1 aliphatic rings. The van der Waals surface area contributed by atoms with Gasteiger partial charge in [-0.05, 0) is 0 Å². The number of likely N-dealkylation sites (N-methyl/N-ethyl adjacent to an activating group) is 2. The van der Waals surface area contributed by atoms with E-state index in [2.05, 4.69) is 47.4 Å². The molecular formula is C27H21N3O3Se. The summed E-state index contributed by atoms with van der Waals surface area (Å²) >= 11 is -0.168. The topological polar surface area (TPSA) is 60.9 Å². The Balaban J connectivity index is 1.61. The first-order chi connectivity index (χ1) is 16.5. The summed E-state index contributed by atoms with van der Waals surface area (Å²) in [5.41, 5.74) is 2.10. The van der Waals surface area contributed by atoms with Crippen LogP contribution in [0.1, 0.15) is 4.44 Å². The summed E-state index contributed by atoms with van der Waals surface area (Å²) < 4.78 is 1.96. The summed E-state index contributed by atoms with van der Waals surface area (Å²) in [5.74, 6) is -1.15. The number of hydrogen-bond donors (Lipinski definition) is 0. The van der Waals surface area contributed by atoms with Gasteiger partial charge in [0, 0.05) is 0 Å². The molecule has 0 spiro atoms. The Kier molecular flexibility index (Phi) is 5.65. The van der Waals surface area contributed by atoms with E-state index >= 15 is 0 Å². The van der Waals surface area contributed by atoms with E-state index < -0.39 is 17.8 Å². The number of carbonyl (C=O) groups is 3. The third-order valence-corrected chi connectivity index (χ3v) is 7.92. The molecule has 34 heavy (non-hydrogen) atoms. The van der Waals surface area contributed by atoms with Crippen LogP contribution in [0.5, 0.6) is 0 Å². The molecule has 1 fully saturated rings. The molecular weight excluding hydrogens is 493 g/mol. The molecule has 4 aromatic rings. The summed E-state index contributed by atoms with van der Waals surface area (Å²) in [6.07, 6.45) is 1.62. The zero-order valence-corrected chi connectivity index (χ0v) is 20.3. The number of anilines is 3. The van der Waals surface area contributed by atoms with Crippen molar-refractivity contribution in [3.05, 3.63) is 94.9 Å². The Morgan fingerprint density at radius 1 is 0.735 bits per heavy atom. The van der Waals surface area contributed by atoms with Crippen LogP contribution in [-0.2, 0) is 9.59 Å². The van der Waals surface area contributed by atoms with Gasteiger partial charge in [0.25, 0.3) is 0 Å². The van der Waals surface area contributed by atoms with Crippen molar-refractivity contribution in [2.75, 3.05) is 19.0 Å². The molecule has 5 rings (SSSR count). The average molecular weight is 514 g/mol. The molecule has 1 aliphatic heterocycles. The molecule has 4 amide bonds. The number of nitrogens with zero attached hydrogens (tertiary/aromatic N) is 3. The molecule has 0 aliphatic carbocycles. The number of urea groups is 1. The maximum atomic E-state index is 12.6. The van der Waals surface area contributed by atoms with Crippen LogP contribution in [0.25, 0.3) is 16.8 Å². The predicted molar refractivity (Wildman–Crippen MR) is 134 cm³/mol. The fourth-order valence-corrected chi connectivity index (χ4v) is 6.09. The van der Waals surface area contributed by atoms with Gasteiger partial charge in [-0.2, -0.15) is 0 Å². The van der Waals surface area contributed by atoms with Crippen LogP contribution in [0.4, 0.5) is 20.7 Å².